The molecule has 0 bridgehead atoms. The van der Waals surface area contributed by atoms with Crippen molar-refractivity contribution in [1.29, 1.82) is 0 Å². The largest absolute Gasteiger partial charge is 0.497 e. The molecule has 2 atom stereocenters. The molecule has 0 aliphatic carbocycles. The molecule has 8 heteroatoms. The van der Waals surface area contributed by atoms with Crippen LogP contribution in [-0.4, -0.2) is 41.6 Å². The molecular weight excluding hydrogens is 434 g/mol. The fourth-order valence-electron chi connectivity index (χ4n) is 3.07. The molecule has 2 aromatic rings. The van der Waals surface area contributed by atoms with E-state index < -0.39 is 35.6 Å². The van der Waals surface area contributed by atoms with Gasteiger partial charge in [0.05, 0.1) is 7.11 Å². The number of carbonyl (C=O) groups excluding carboxylic acids is 3. The summed E-state index contributed by atoms with van der Waals surface area (Å²) in [6.45, 7) is 8.52. The Kier molecular flexibility index (Phi) is 8.68. The van der Waals surface area contributed by atoms with Gasteiger partial charge >= 0.3 is 6.09 Å². The van der Waals surface area contributed by atoms with Crippen molar-refractivity contribution in [1.82, 2.24) is 10.2 Å². The smallest absolute Gasteiger partial charge is 0.408 e. The summed E-state index contributed by atoms with van der Waals surface area (Å²) in [5, 5.41) is 5.27. The van der Waals surface area contributed by atoms with Gasteiger partial charge in [0.1, 0.15) is 23.4 Å². The van der Waals surface area contributed by atoms with Crippen LogP contribution in [0.4, 0.5) is 10.5 Å². The van der Waals surface area contributed by atoms with E-state index in [1.807, 2.05) is 19.1 Å². The van der Waals surface area contributed by atoms with Crippen molar-refractivity contribution in [3.05, 3.63) is 59.7 Å². The van der Waals surface area contributed by atoms with E-state index in [0.717, 1.165) is 10.5 Å². The Morgan fingerprint density at radius 3 is 2.12 bits per heavy atom. The molecule has 0 saturated heterocycles. The fourth-order valence-corrected chi connectivity index (χ4v) is 3.07. The van der Waals surface area contributed by atoms with Crippen LogP contribution in [0, 0.1) is 19.4 Å². The van der Waals surface area contributed by atoms with E-state index in [1.54, 1.807) is 64.3 Å². The lowest BCUT2D eigenvalue weighted by atomic mass is 10.0. The van der Waals surface area contributed by atoms with Crippen molar-refractivity contribution >= 4 is 23.6 Å². The third-order valence-corrected chi connectivity index (χ3v) is 4.74. The van der Waals surface area contributed by atoms with Crippen molar-refractivity contribution in [2.45, 2.75) is 52.3 Å². The number of aryl methyl sites for hydroxylation is 1. The summed E-state index contributed by atoms with van der Waals surface area (Å²) in [5.74, 6) is -0.510. The zero-order valence-corrected chi connectivity index (χ0v) is 20.3. The highest BCUT2D eigenvalue weighted by Gasteiger charge is 2.34. The fraction of sp³-hybridized carbons (Fsp3) is 0.346. The minimum Gasteiger partial charge on any atom is -0.497 e. The minimum absolute atomic E-state index is 0.507. The van der Waals surface area contributed by atoms with Crippen LogP contribution in [0.25, 0.3) is 0 Å². The second-order valence-electron chi connectivity index (χ2n) is 8.74. The number of carbonyl (C=O) groups is 3. The first-order valence-corrected chi connectivity index (χ1v) is 10.8. The van der Waals surface area contributed by atoms with Crippen LogP contribution in [0.3, 0.4) is 0 Å². The van der Waals surface area contributed by atoms with Gasteiger partial charge in [-0.2, -0.15) is 0 Å². The molecular formula is C26H31N3O5. The molecule has 0 fully saturated rings. The summed E-state index contributed by atoms with van der Waals surface area (Å²) < 4.78 is 10.4. The van der Waals surface area contributed by atoms with Gasteiger partial charge in [-0.1, -0.05) is 36.3 Å². The van der Waals surface area contributed by atoms with Crippen LogP contribution in [0.1, 0.15) is 44.9 Å². The second-order valence-corrected chi connectivity index (χ2v) is 8.74. The van der Waals surface area contributed by atoms with Crippen LogP contribution in [0.15, 0.2) is 48.5 Å². The normalized spacial score (nSPS) is 12.5. The summed E-state index contributed by atoms with van der Waals surface area (Å²) in [6, 6.07) is 14.0. The van der Waals surface area contributed by atoms with Crippen molar-refractivity contribution < 1.29 is 23.9 Å². The molecule has 2 N–H and O–H groups in total. The van der Waals surface area contributed by atoms with Crippen LogP contribution >= 0.6 is 0 Å². The standard InChI is InChI=1S/C26H31N3O5/c1-8-29(24(31)18(3)27-25(32)34-26(4,5)6)22(19-11-9-17(2)10-12-19)23(30)28-20-13-15-21(33-7)16-14-20/h1,9-16,18,22H,2-7H3,(H,27,32)(H,28,30). The van der Waals surface area contributed by atoms with Crippen LogP contribution in [0.5, 0.6) is 5.75 Å². The molecule has 8 nitrogen and oxygen atoms in total. The van der Waals surface area contributed by atoms with Gasteiger partial charge in [0.15, 0.2) is 0 Å². The van der Waals surface area contributed by atoms with E-state index in [0.29, 0.717) is 17.0 Å². The van der Waals surface area contributed by atoms with Crippen LogP contribution < -0.4 is 15.4 Å². The number of terminal acetylenes is 1. The molecule has 34 heavy (non-hydrogen) atoms. The number of amides is 3. The maximum absolute atomic E-state index is 13.3. The predicted octanol–water partition coefficient (Wildman–Crippen LogP) is 4.02. The van der Waals surface area contributed by atoms with E-state index in [1.165, 1.54) is 6.92 Å². The van der Waals surface area contributed by atoms with Crippen LogP contribution in [-0.2, 0) is 14.3 Å². The highest BCUT2D eigenvalue weighted by molar-refractivity contribution is 5.99. The van der Waals surface area contributed by atoms with Gasteiger partial charge in [0.2, 0.25) is 0 Å². The third kappa shape index (κ3) is 7.27. The highest BCUT2D eigenvalue weighted by atomic mass is 16.6. The van der Waals surface area contributed by atoms with E-state index in [9.17, 15) is 14.4 Å². The molecule has 0 radical (unpaired) electrons. The second kappa shape index (κ2) is 11.2. The summed E-state index contributed by atoms with van der Waals surface area (Å²) in [4.78, 5) is 39.7. The molecule has 0 spiro atoms. The first-order valence-electron chi connectivity index (χ1n) is 10.8. The number of ether oxygens (including phenoxy) is 2. The van der Waals surface area contributed by atoms with Gasteiger partial charge in [0.25, 0.3) is 11.8 Å². The lowest BCUT2D eigenvalue weighted by molar-refractivity contribution is -0.136. The SMILES string of the molecule is C#CN(C(=O)C(C)NC(=O)OC(C)(C)C)C(C(=O)Nc1ccc(OC)cc1)c1ccc(C)cc1. The van der Waals surface area contributed by atoms with Gasteiger partial charge < -0.3 is 20.1 Å². The summed E-state index contributed by atoms with van der Waals surface area (Å²) in [5.41, 5.74) is 1.28. The van der Waals surface area contributed by atoms with E-state index in [2.05, 4.69) is 16.7 Å². The van der Waals surface area contributed by atoms with Crippen molar-refractivity contribution in [2.24, 2.45) is 0 Å². The number of rotatable bonds is 7. The molecule has 0 heterocycles. The minimum atomic E-state index is -1.14. The Balaban J connectivity index is 2.32. The van der Waals surface area contributed by atoms with Gasteiger partial charge in [-0.3, -0.25) is 14.5 Å². The van der Waals surface area contributed by atoms with Crippen molar-refractivity contribution in [2.75, 3.05) is 12.4 Å². The first kappa shape index (κ1) is 26.3. The quantitative estimate of drug-likeness (QED) is 0.476. The predicted molar refractivity (Wildman–Crippen MR) is 130 cm³/mol. The van der Waals surface area contributed by atoms with Gasteiger partial charge in [0, 0.05) is 11.7 Å². The lowest BCUT2D eigenvalue weighted by Gasteiger charge is -2.29. The van der Waals surface area contributed by atoms with E-state index in [4.69, 9.17) is 15.9 Å². The van der Waals surface area contributed by atoms with Gasteiger partial charge in [-0.15, -0.1) is 0 Å². The summed E-state index contributed by atoms with van der Waals surface area (Å²) >= 11 is 0. The van der Waals surface area contributed by atoms with E-state index >= 15 is 0 Å². The first-order chi connectivity index (χ1) is 15.9. The highest BCUT2D eigenvalue weighted by Crippen LogP contribution is 2.25. The Morgan fingerprint density at radius 2 is 1.62 bits per heavy atom. The molecule has 2 unspecified atom stereocenters. The number of nitrogens with zero attached hydrogens (tertiary/aromatic N) is 1. The average molecular weight is 466 g/mol. The molecule has 0 aliphatic heterocycles. The Bertz CT molecular complexity index is 1050. The molecule has 180 valence electrons. The number of hydrogen-bond acceptors (Lipinski definition) is 5. The number of benzene rings is 2. The number of hydrogen-bond donors (Lipinski definition) is 2. The van der Waals surface area contributed by atoms with Crippen LogP contribution in [0.2, 0.25) is 0 Å². The summed E-state index contributed by atoms with van der Waals surface area (Å²) in [7, 11) is 1.55. The number of anilines is 1. The number of alkyl carbamates (subject to hydrolysis) is 1. The van der Waals surface area contributed by atoms with E-state index in [-0.39, 0.29) is 0 Å². The Morgan fingerprint density at radius 1 is 1.03 bits per heavy atom. The Hall–Kier alpha value is -3.99. The molecule has 2 rings (SSSR count). The summed E-state index contributed by atoms with van der Waals surface area (Å²) in [6.07, 6.45) is 4.93. The zero-order chi connectivity index (χ0) is 25.5. The molecule has 2 aromatic carbocycles. The monoisotopic (exact) mass is 465 g/mol. The maximum Gasteiger partial charge on any atom is 0.408 e. The molecule has 0 aliphatic rings. The molecule has 0 saturated carbocycles. The van der Waals surface area contributed by atoms with Gasteiger partial charge in [-0.25, -0.2) is 4.79 Å². The molecule has 3 amide bonds. The topological polar surface area (TPSA) is 97.0 Å². The number of nitrogens with one attached hydrogen (secondary N) is 2. The number of methoxy groups -OCH3 is 1. The third-order valence-electron chi connectivity index (χ3n) is 4.74. The van der Waals surface area contributed by atoms with Gasteiger partial charge in [-0.05, 0) is 64.4 Å². The maximum atomic E-state index is 13.3. The van der Waals surface area contributed by atoms with Crippen molar-refractivity contribution in [3.8, 4) is 18.2 Å². The zero-order valence-electron chi connectivity index (χ0n) is 20.3. The lowest BCUT2D eigenvalue weighted by Crippen LogP contribution is -2.49. The average Bonchev–Trinajstić information content (AvgIpc) is 2.76. The molecule has 0 aromatic heterocycles. The van der Waals surface area contributed by atoms with Crippen molar-refractivity contribution in [3.63, 3.8) is 0 Å². The Labute approximate surface area is 200 Å².